The average Bonchev–Trinajstić information content (AvgIpc) is 2.47. The fourth-order valence-corrected chi connectivity index (χ4v) is 1.85. The first-order chi connectivity index (χ1) is 10.2. The van der Waals surface area contributed by atoms with Gasteiger partial charge in [0.2, 0.25) is 0 Å². The van der Waals surface area contributed by atoms with Crippen molar-refractivity contribution in [1.82, 2.24) is 5.32 Å². The second-order valence-corrected chi connectivity index (χ2v) is 5.58. The van der Waals surface area contributed by atoms with E-state index >= 15 is 0 Å². The molecule has 0 atom stereocenters. The SMILES string of the molecule is CC(C)CCNC(N)=NCCCOCCc1ccccc1. The summed E-state index contributed by atoms with van der Waals surface area (Å²) in [7, 11) is 0. The highest BCUT2D eigenvalue weighted by molar-refractivity contribution is 5.77. The highest BCUT2D eigenvalue weighted by atomic mass is 16.5. The Kier molecular flexibility index (Phi) is 9.29. The van der Waals surface area contributed by atoms with Gasteiger partial charge in [0.15, 0.2) is 5.96 Å². The van der Waals surface area contributed by atoms with Gasteiger partial charge >= 0.3 is 0 Å². The highest BCUT2D eigenvalue weighted by Crippen LogP contribution is 1.99. The molecule has 0 aliphatic carbocycles. The zero-order chi connectivity index (χ0) is 15.3. The molecule has 0 aliphatic heterocycles. The quantitative estimate of drug-likeness (QED) is 0.396. The second kappa shape index (κ2) is 11.1. The number of hydrogen-bond donors (Lipinski definition) is 2. The van der Waals surface area contributed by atoms with Gasteiger partial charge in [0, 0.05) is 19.7 Å². The van der Waals surface area contributed by atoms with Crippen LogP contribution in [0.1, 0.15) is 32.3 Å². The summed E-state index contributed by atoms with van der Waals surface area (Å²) >= 11 is 0. The summed E-state index contributed by atoms with van der Waals surface area (Å²) in [4.78, 5) is 4.28. The molecule has 0 heterocycles. The van der Waals surface area contributed by atoms with Gasteiger partial charge in [-0.05, 0) is 30.7 Å². The summed E-state index contributed by atoms with van der Waals surface area (Å²) in [5.74, 6) is 1.23. The second-order valence-electron chi connectivity index (χ2n) is 5.58. The minimum absolute atomic E-state index is 0.542. The molecule has 21 heavy (non-hydrogen) atoms. The molecule has 118 valence electrons. The fourth-order valence-electron chi connectivity index (χ4n) is 1.85. The number of nitrogens with one attached hydrogen (secondary N) is 1. The number of nitrogens with two attached hydrogens (primary N) is 1. The maximum absolute atomic E-state index is 5.77. The van der Waals surface area contributed by atoms with Gasteiger partial charge < -0.3 is 15.8 Å². The number of nitrogens with zero attached hydrogens (tertiary/aromatic N) is 1. The van der Waals surface area contributed by atoms with Crippen molar-refractivity contribution >= 4 is 5.96 Å². The first-order valence-corrected chi connectivity index (χ1v) is 7.84. The van der Waals surface area contributed by atoms with Crippen LogP contribution in [-0.4, -0.2) is 32.3 Å². The van der Waals surface area contributed by atoms with Gasteiger partial charge in [-0.2, -0.15) is 0 Å². The van der Waals surface area contributed by atoms with Crippen LogP contribution in [0.3, 0.4) is 0 Å². The number of ether oxygens (including phenoxy) is 1. The van der Waals surface area contributed by atoms with Gasteiger partial charge in [-0.3, -0.25) is 4.99 Å². The molecule has 0 fully saturated rings. The summed E-state index contributed by atoms with van der Waals surface area (Å²) in [5.41, 5.74) is 7.09. The molecule has 4 nitrogen and oxygen atoms in total. The molecule has 0 bridgehead atoms. The first-order valence-electron chi connectivity index (χ1n) is 7.84. The molecule has 0 spiro atoms. The van der Waals surface area contributed by atoms with Crippen LogP contribution >= 0.6 is 0 Å². The third kappa shape index (κ3) is 9.91. The highest BCUT2D eigenvalue weighted by Gasteiger charge is 1.95. The van der Waals surface area contributed by atoms with E-state index in [4.69, 9.17) is 10.5 Å². The molecule has 3 N–H and O–H groups in total. The van der Waals surface area contributed by atoms with Crippen molar-refractivity contribution in [2.24, 2.45) is 16.6 Å². The molecule has 0 radical (unpaired) electrons. The van der Waals surface area contributed by atoms with Crippen molar-refractivity contribution in [1.29, 1.82) is 0 Å². The molecule has 0 aliphatic rings. The van der Waals surface area contributed by atoms with Crippen LogP contribution in [0.4, 0.5) is 0 Å². The van der Waals surface area contributed by atoms with Gasteiger partial charge in [0.25, 0.3) is 0 Å². The Morgan fingerprint density at radius 1 is 1.24 bits per heavy atom. The number of rotatable bonds is 10. The summed E-state index contributed by atoms with van der Waals surface area (Å²) in [6.07, 6.45) is 2.98. The standard InChI is InChI=1S/C17H29N3O/c1-15(2)9-12-20-17(18)19-11-6-13-21-14-10-16-7-4-3-5-8-16/h3-5,7-8,15H,6,9-14H2,1-2H3,(H3,18,19,20). The zero-order valence-corrected chi connectivity index (χ0v) is 13.3. The predicted molar refractivity (Wildman–Crippen MR) is 89.5 cm³/mol. The van der Waals surface area contributed by atoms with E-state index in [1.807, 2.05) is 6.07 Å². The Hall–Kier alpha value is -1.55. The monoisotopic (exact) mass is 291 g/mol. The van der Waals surface area contributed by atoms with E-state index in [0.717, 1.165) is 39.0 Å². The van der Waals surface area contributed by atoms with E-state index in [2.05, 4.69) is 48.4 Å². The number of benzene rings is 1. The van der Waals surface area contributed by atoms with Crippen molar-refractivity contribution in [3.05, 3.63) is 35.9 Å². The van der Waals surface area contributed by atoms with E-state index in [-0.39, 0.29) is 0 Å². The predicted octanol–water partition coefficient (Wildman–Crippen LogP) is 2.59. The Morgan fingerprint density at radius 2 is 2.00 bits per heavy atom. The van der Waals surface area contributed by atoms with Crippen LogP contribution in [0, 0.1) is 5.92 Å². The maximum Gasteiger partial charge on any atom is 0.188 e. The van der Waals surface area contributed by atoms with Crippen molar-refractivity contribution < 1.29 is 4.74 Å². The largest absolute Gasteiger partial charge is 0.381 e. The molecular weight excluding hydrogens is 262 g/mol. The van der Waals surface area contributed by atoms with Gasteiger partial charge in [-0.1, -0.05) is 44.2 Å². The lowest BCUT2D eigenvalue weighted by atomic mass is 10.1. The molecule has 1 aromatic rings. The minimum atomic E-state index is 0.542. The third-order valence-electron chi connectivity index (χ3n) is 3.13. The zero-order valence-electron chi connectivity index (χ0n) is 13.3. The van der Waals surface area contributed by atoms with Crippen LogP contribution in [0.5, 0.6) is 0 Å². The van der Waals surface area contributed by atoms with E-state index in [0.29, 0.717) is 18.4 Å². The molecule has 0 saturated heterocycles. The van der Waals surface area contributed by atoms with Gasteiger partial charge in [0.05, 0.1) is 6.61 Å². The van der Waals surface area contributed by atoms with Crippen LogP contribution in [0.15, 0.2) is 35.3 Å². The van der Waals surface area contributed by atoms with E-state index in [9.17, 15) is 0 Å². The summed E-state index contributed by atoms with van der Waals surface area (Å²) in [5, 5.41) is 3.12. The Morgan fingerprint density at radius 3 is 2.71 bits per heavy atom. The lowest BCUT2D eigenvalue weighted by Crippen LogP contribution is -2.33. The molecule has 0 unspecified atom stereocenters. The van der Waals surface area contributed by atoms with Crippen LogP contribution in [0.25, 0.3) is 0 Å². The van der Waals surface area contributed by atoms with E-state index in [1.165, 1.54) is 5.56 Å². The Labute approximate surface area is 128 Å². The Bertz CT molecular complexity index is 390. The molecule has 1 rings (SSSR count). The topological polar surface area (TPSA) is 59.6 Å². The van der Waals surface area contributed by atoms with E-state index < -0.39 is 0 Å². The van der Waals surface area contributed by atoms with Crippen molar-refractivity contribution in [3.63, 3.8) is 0 Å². The van der Waals surface area contributed by atoms with Crippen molar-refractivity contribution in [2.75, 3.05) is 26.3 Å². The van der Waals surface area contributed by atoms with Crippen LogP contribution in [0.2, 0.25) is 0 Å². The molecule has 0 saturated carbocycles. The van der Waals surface area contributed by atoms with Crippen LogP contribution in [-0.2, 0) is 11.2 Å². The van der Waals surface area contributed by atoms with E-state index in [1.54, 1.807) is 0 Å². The molecule has 0 aromatic heterocycles. The third-order valence-corrected chi connectivity index (χ3v) is 3.13. The lowest BCUT2D eigenvalue weighted by Gasteiger charge is -2.07. The van der Waals surface area contributed by atoms with Crippen molar-refractivity contribution in [2.45, 2.75) is 33.1 Å². The maximum atomic E-state index is 5.77. The normalized spacial score (nSPS) is 11.9. The molecule has 1 aromatic carbocycles. The smallest absolute Gasteiger partial charge is 0.188 e. The van der Waals surface area contributed by atoms with Crippen LogP contribution < -0.4 is 11.1 Å². The Balaban J connectivity index is 1.96. The summed E-state index contributed by atoms with van der Waals surface area (Å²) in [6, 6.07) is 10.4. The number of aliphatic imine (C=N–C) groups is 1. The summed E-state index contributed by atoms with van der Waals surface area (Å²) < 4.78 is 5.60. The summed E-state index contributed by atoms with van der Waals surface area (Å²) in [6.45, 7) is 7.49. The molecule has 0 amide bonds. The minimum Gasteiger partial charge on any atom is -0.381 e. The molecular formula is C17H29N3O. The number of hydrogen-bond acceptors (Lipinski definition) is 2. The first kappa shape index (κ1) is 17.5. The lowest BCUT2D eigenvalue weighted by molar-refractivity contribution is 0.136. The van der Waals surface area contributed by atoms with Crippen molar-refractivity contribution in [3.8, 4) is 0 Å². The molecule has 4 heteroatoms. The average molecular weight is 291 g/mol. The van der Waals surface area contributed by atoms with Gasteiger partial charge in [-0.25, -0.2) is 0 Å². The van der Waals surface area contributed by atoms with Gasteiger partial charge in [0.1, 0.15) is 0 Å². The van der Waals surface area contributed by atoms with Gasteiger partial charge in [-0.15, -0.1) is 0 Å². The fraction of sp³-hybridized carbons (Fsp3) is 0.588. The number of guanidine groups is 1.